The van der Waals surface area contributed by atoms with Crippen molar-refractivity contribution in [1.29, 1.82) is 0 Å². The zero-order valence-electron chi connectivity index (χ0n) is 11.6. The summed E-state index contributed by atoms with van der Waals surface area (Å²) in [5.41, 5.74) is 6.44. The summed E-state index contributed by atoms with van der Waals surface area (Å²) in [6.07, 6.45) is 15.1. The van der Waals surface area contributed by atoms with Crippen molar-refractivity contribution in [2.45, 2.75) is 11.8 Å². The lowest BCUT2D eigenvalue weighted by atomic mass is 9.65. The van der Waals surface area contributed by atoms with E-state index in [1.54, 1.807) is 0 Å². The van der Waals surface area contributed by atoms with Crippen LogP contribution in [0.4, 0.5) is 0 Å². The minimum absolute atomic E-state index is 0.210. The van der Waals surface area contributed by atoms with Gasteiger partial charge in [0.25, 0.3) is 0 Å². The van der Waals surface area contributed by atoms with Crippen molar-refractivity contribution in [2.75, 3.05) is 0 Å². The van der Waals surface area contributed by atoms with Gasteiger partial charge in [-0.05, 0) is 39.5 Å². The summed E-state index contributed by atoms with van der Waals surface area (Å²) in [4.78, 5) is 0. The first-order chi connectivity index (χ1) is 10.4. The molecule has 2 atom stereocenters. The van der Waals surface area contributed by atoms with Gasteiger partial charge in [-0.15, -0.1) is 0 Å². The Morgan fingerprint density at radius 1 is 0.905 bits per heavy atom. The second-order valence-electron chi connectivity index (χ2n) is 6.68. The van der Waals surface area contributed by atoms with Crippen LogP contribution in [0.3, 0.4) is 0 Å². The molecular weight excluding hydrogens is 252 g/mol. The number of hydrogen-bond acceptors (Lipinski definition) is 0. The molecule has 2 aromatic carbocycles. The van der Waals surface area contributed by atoms with E-state index in [0.29, 0.717) is 0 Å². The summed E-state index contributed by atoms with van der Waals surface area (Å²) in [7, 11) is 0. The SMILES string of the molecule is C1=CC2=CC=CC34CC23C(=C1)c1cccc2cccc4c12. The molecule has 2 unspecified atom stereocenters. The topological polar surface area (TPSA) is 0 Å². The third-order valence-electron chi connectivity index (χ3n) is 6.00. The fourth-order valence-electron chi connectivity index (χ4n) is 5.14. The minimum Gasteiger partial charge on any atom is -0.0726 e. The minimum atomic E-state index is 0.210. The molecule has 0 aromatic heterocycles. The quantitative estimate of drug-likeness (QED) is 0.634. The van der Waals surface area contributed by atoms with Crippen LogP contribution in [0, 0.1) is 5.41 Å². The summed E-state index contributed by atoms with van der Waals surface area (Å²) in [5.74, 6) is 0. The largest absolute Gasteiger partial charge is 0.0726 e. The van der Waals surface area contributed by atoms with E-state index in [-0.39, 0.29) is 10.8 Å². The fourth-order valence-corrected chi connectivity index (χ4v) is 5.14. The predicted octanol–water partition coefficient (Wildman–Crippen LogP) is 4.93. The molecule has 0 N–H and O–H groups in total. The molecule has 0 heteroatoms. The molecule has 0 nitrogen and oxygen atoms in total. The van der Waals surface area contributed by atoms with Crippen LogP contribution >= 0.6 is 0 Å². The van der Waals surface area contributed by atoms with Gasteiger partial charge in [-0.3, -0.25) is 0 Å². The van der Waals surface area contributed by atoms with Crippen molar-refractivity contribution >= 4 is 16.3 Å². The van der Waals surface area contributed by atoms with E-state index in [1.165, 1.54) is 39.5 Å². The summed E-state index contributed by atoms with van der Waals surface area (Å²) in [5, 5.41) is 2.85. The normalized spacial score (nSPS) is 33.1. The van der Waals surface area contributed by atoms with Gasteiger partial charge in [0.1, 0.15) is 0 Å². The molecule has 2 aromatic rings. The summed E-state index contributed by atoms with van der Waals surface area (Å²) < 4.78 is 0. The summed E-state index contributed by atoms with van der Waals surface area (Å²) in [6, 6.07) is 13.6. The Labute approximate surface area is 123 Å². The molecular formula is C21H14. The van der Waals surface area contributed by atoms with E-state index in [4.69, 9.17) is 0 Å². The molecule has 0 saturated heterocycles. The number of allylic oxidation sites excluding steroid dienone is 8. The Kier molecular flexibility index (Phi) is 1.47. The third-order valence-corrected chi connectivity index (χ3v) is 6.00. The maximum absolute atomic E-state index is 2.45. The Morgan fingerprint density at radius 2 is 1.81 bits per heavy atom. The highest BCUT2D eigenvalue weighted by molar-refractivity contribution is 6.05. The van der Waals surface area contributed by atoms with Crippen LogP contribution in [0.1, 0.15) is 17.5 Å². The number of rotatable bonds is 0. The van der Waals surface area contributed by atoms with Crippen molar-refractivity contribution in [3.05, 3.63) is 89.6 Å². The van der Waals surface area contributed by atoms with Gasteiger partial charge >= 0.3 is 0 Å². The lowest BCUT2D eigenvalue weighted by Crippen LogP contribution is -2.27. The molecule has 0 amide bonds. The number of fused-ring (bicyclic) bond motifs is 1. The van der Waals surface area contributed by atoms with E-state index < -0.39 is 0 Å². The van der Waals surface area contributed by atoms with Crippen molar-refractivity contribution in [1.82, 2.24) is 0 Å². The van der Waals surface area contributed by atoms with Gasteiger partial charge in [0.2, 0.25) is 0 Å². The average molecular weight is 266 g/mol. The standard InChI is InChI=1S/C21H14/c1-5-14-6-2-11-18-19(14)16(9-1)17-10-3-7-15-8-4-12-20(18)13-21(15,17)20/h1-12H,13H2. The van der Waals surface area contributed by atoms with Crippen LogP contribution in [0.5, 0.6) is 0 Å². The van der Waals surface area contributed by atoms with E-state index in [0.717, 1.165) is 0 Å². The van der Waals surface area contributed by atoms with Gasteiger partial charge in [0, 0.05) is 10.8 Å². The van der Waals surface area contributed by atoms with Crippen molar-refractivity contribution in [3.8, 4) is 0 Å². The average Bonchev–Trinajstić information content (AvgIpc) is 3.23. The molecule has 0 bridgehead atoms. The van der Waals surface area contributed by atoms with Crippen molar-refractivity contribution in [3.63, 3.8) is 0 Å². The molecule has 1 fully saturated rings. The molecule has 4 aliphatic rings. The summed E-state index contributed by atoms with van der Waals surface area (Å²) in [6.45, 7) is 0. The van der Waals surface area contributed by atoms with Gasteiger partial charge in [-0.1, -0.05) is 72.9 Å². The third kappa shape index (κ3) is 0.892. The Hall–Kier alpha value is -2.34. The molecule has 1 spiro atoms. The fraction of sp³-hybridized carbons (Fsp3) is 0.143. The Bertz CT molecular complexity index is 961. The lowest BCUT2D eigenvalue weighted by molar-refractivity contribution is 0.680. The highest BCUT2D eigenvalue weighted by Crippen LogP contribution is 2.79. The molecule has 6 rings (SSSR count). The zero-order chi connectivity index (χ0) is 13.7. The number of hydrogen-bond donors (Lipinski definition) is 0. The molecule has 98 valence electrons. The molecule has 0 radical (unpaired) electrons. The van der Waals surface area contributed by atoms with Gasteiger partial charge in [-0.2, -0.15) is 0 Å². The Balaban J connectivity index is 1.88. The molecule has 21 heavy (non-hydrogen) atoms. The first-order valence-corrected chi connectivity index (χ1v) is 7.68. The molecule has 0 aliphatic heterocycles. The van der Waals surface area contributed by atoms with E-state index in [9.17, 15) is 0 Å². The van der Waals surface area contributed by atoms with Crippen LogP contribution < -0.4 is 0 Å². The Morgan fingerprint density at radius 3 is 2.76 bits per heavy atom. The zero-order valence-corrected chi connectivity index (χ0v) is 11.6. The van der Waals surface area contributed by atoms with Crippen LogP contribution in [0.2, 0.25) is 0 Å². The van der Waals surface area contributed by atoms with Gasteiger partial charge < -0.3 is 0 Å². The van der Waals surface area contributed by atoms with E-state index >= 15 is 0 Å². The first kappa shape index (κ1) is 10.4. The monoisotopic (exact) mass is 266 g/mol. The first-order valence-electron chi connectivity index (χ1n) is 7.68. The highest BCUT2D eigenvalue weighted by atomic mass is 14.7. The van der Waals surface area contributed by atoms with E-state index in [2.05, 4.69) is 72.9 Å². The highest BCUT2D eigenvalue weighted by Gasteiger charge is 2.72. The van der Waals surface area contributed by atoms with E-state index in [1.807, 2.05) is 0 Å². The van der Waals surface area contributed by atoms with Gasteiger partial charge in [0.05, 0.1) is 0 Å². The molecule has 0 heterocycles. The van der Waals surface area contributed by atoms with Crippen LogP contribution in [0.25, 0.3) is 16.3 Å². The maximum Gasteiger partial charge on any atom is 0.0352 e. The van der Waals surface area contributed by atoms with Gasteiger partial charge in [0.15, 0.2) is 0 Å². The van der Waals surface area contributed by atoms with Crippen molar-refractivity contribution < 1.29 is 0 Å². The predicted molar refractivity (Wildman–Crippen MR) is 87.0 cm³/mol. The lowest BCUT2D eigenvalue weighted by Gasteiger charge is -2.37. The van der Waals surface area contributed by atoms with Gasteiger partial charge in [-0.25, -0.2) is 0 Å². The maximum atomic E-state index is 2.45. The van der Waals surface area contributed by atoms with Crippen LogP contribution in [0.15, 0.2) is 78.4 Å². The van der Waals surface area contributed by atoms with Crippen molar-refractivity contribution in [2.24, 2.45) is 5.41 Å². The van der Waals surface area contributed by atoms with Crippen LogP contribution in [-0.2, 0) is 5.41 Å². The number of benzene rings is 2. The summed E-state index contributed by atoms with van der Waals surface area (Å²) >= 11 is 0. The second kappa shape index (κ2) is 2.96. The second-order valence-corrected chi connectivity index (χ2v) is 6.68. The van der Waals surface area contributed by atoms with Crippen LogP contribution in [-0.4, -0.2) is 0 Å². The molecule has 4 aliphatic carbocycles. The smallest absolute Gasteiger partial charge is 0.0352 e. The molecule has 1 saturated carbocycles.